The molecule has 96 valence electrons. The molecule has 4 heteroatoms. The quantitative estimate of drug-likeness (QED) is 0.489. The lowest BCUT2D eigenvalue weighted by Gasteiger charge is -2.08. The van der Waals surface area contributed by atoms with Gasteiger partial charge in [0.05, 0.1) is 6.54 Å². The van der Waals surface area contributed by atoms with Gasteiger partial charge in [0.2, 0.25) is 5.91 Å². The number of aliphatic hydroxyl groups excluding tert-OH is 1. The molecule has 0 rings (SSSR count). The number of aliphatic hydroxyl groups is 1. The first kappa shape index (κ1) is 15.4. The molecule has 0 fully saturated rings. The van der Waals surface area contributed by atoms with Gasteiger partial charge in [-0.3, -0.25) is 4.79 Å². The highest BCUT2D eigenvalue weighted by Gasteiger charge is 2.00. The van der Waals surface area contributed by atoms with Gasteiger partial charge in [-0.15, -0.1) is 0 Å². The predicted octanol–water partition coefficient (Wildman–Crippen LogP) is 0.901. The average molecular weight is 230 g/mol. The molecule has 0 bridgehead atoms. The maximum Gasteiger partial charge on any atom is 0.233 e. The Morgan fingerprint density at radius 1 is 1.19 bits per heavy atom. The molecule has 0 aromatic rings. The molecule has 0 aromatic heterocycles. The molecule has 0 aromatic carbocycles. The van der Waals surface area contributed by atoms with Crippen molar-refractivity contribution < 1.29 is 9.90 Å². The summed E-state index contributed by atoms with van der Waals surface area (Å²) < 4.78 is 0. The minimum absolute atomic E-state index is 0.0720. The van der Waals surface area contributed by atoms with Crippen molar-refractivity contribution >= 4 is 5.91 Å². The Hall–Kier alpha value is -0.610. The molecule has 0 atom stereocenters. The van der Waals surface area contributed by atoms with Crippen LogP contribution in [0.2, 0.25) is 0 Å². The molecule has 0 radical (unpaired) electrons. The SMILES string of the molecule is CC(C)CCNC(=O)CNCCCCCO. The lowest BCUT2D eigenvalue weighted by molar-refractivity contribution is -0.120. The second-order valence-corrected chi connectivity index (χ2v) is 4.49. The molecule has 0 aliphatic carbocycles. The highest BCUT2D eigenvalue weighted by atomic mass is 16.2. The Kier molecular flexibility index (Phi) is 10.5. The van der Waals surface area contributed by atoms with Gasteiger partial charge in [0.1, 0.15) is 0 Å². The van der Waals surface area contributed by atoms with Crippen molar-refractivity contribution in [3.05, 3.63) is 0 Å². The van der Waals surface area contributed by atoms with Crippen molar-refractivity contribution in [3.63, 3.8) is 0 Å². The Morgan fingerprint density at radius 2 is 1.94 bits per heavy atom. The van der Waals surface area contributed by atoms with Gasteiger partial charge in [0.15, 0.2) is 0 Å². The summed E-state index contributed by atoms with van der Waals surface area (Å²) in [5, 5.41) is 14.5. The maximum absolute atomic E-state index is 11.3. The van der Waals surface area contributed by atoms with E-state index in [0.717, 1.165) is 38.8 Å². The lowest BCUT2D eigenvalue weighted by atomic mass is 10.1. The molecule has 0 saturated carbocycles. The Morgan fingerprint density at radius 3 is 2.56 bits per heavy atom. The highest BCUT2D eigenvalue weighted by Crippen LogP contribution is 1.95. The Balaban J connectivity index is 3.17. The monoisotopic (exact) mass is 230 g/mol. The molecule has 0 aliphatic rings. The molecule has 0 saturated heterocycles. The summed E-state index contributed by atoms with van der Waals surface area (Å²) in [6.45, 7) is 6.56. The summed E-state index contributed by atoms with van der Waals surface area (Å²) in [5.41, 5.74) is 0. The van der Waals surface area contributed by atoms with Crippen LogP contribution in [0.15, 0.2) is 0 Å². The minimum Gasteiger partial charge on any atom is -0.396 e. The topological polar surface area (TPSA) is 61.4 Å². The van der Waals surface area contributed by atoms with Gasteiger partial charge in [-0.2, -0.15) is 0 Å². The summed E-state index contributed by atoms with van der Waals surface area (Å²) in [4.78, 5) is 11.3. The third kappa shape index (κ3) is 11.5. The summed E-state index contributed by atoms with van der Waals surface area (Å²) >= 11 is 0. The van der Waals surface area contributed by atoms with E-state index in [0.29, 0.717) is 12.5 Å². The first-order valence-corrected chi connectivity index (χ1v) is 6.25. The number of unbranched alkanes of at least 4 members (excludes halogenated alkanes) is 2. The van der Waals surface area contributed by atoms with Crippen LogP contribution in [0.25, 0.3) is 0 Å². The number of amides is 1. The van der Waals surface area contributed by atoms with Crippen LogP contribution in [-0.2, 0) is 4.79 Å². The number of carbonyl (C=O) groups is 1. The van der Waals surface area contributed by atoms with E-state index in [4.69, 9.17) is 5.11 Å². The van der Waals surface area contributed by atoms with E-state index >= 15 is 0 Å². The van der Waals surface area contributed by atoms with Gasteiger partial charge in [-0.25, -0.2) is 0 Å². The van der Waals surface area contributed by atoms with Crippen molar-refractivity contribution in [2.45, 2.75) is 39.5 Å². The van der Waals surface area contributed by atoms with Gasteiger partial charge in [0.25, 0.3) is 0 Å². The third-order valence-electron chi connectivity index (χ3n) is 2.34. The Bertz CT molecular complexity index is 172. The summed E-state index contributed by atoms with van der Waals surface area (Å²) in [6.07, 6.45) is 3.91. The van der Waals surface area contributed by atoms with E-state index in [9.17, 15) is 4.79 Å². The zero-order chi connectivity index (χ0) is 12.2. The van der Waals surface area contributed by atoms with Crippen LogP contribution in [-0.4, -0.2) is 37.3 Å². The second-order valence-electron chi connectivity index (χ2n) is 4.49. The average Bonchev–Trinajstić information content (AvgIpc) is 2.22. The van der Waals surface area contributed by atoms with Crippen molar-refractivity contribution in [2.75, 3.05) is 26.2 Å². The standard InChI is InChI=1S/C12H26N2O2/c1-11(2)6-8-14-12(16)10-13-7-4-3-5-9-15/h11,13,15H,3-10H2,1-2H3,(H,14,16). The molecular formula is C12H26N2O2. The molecule has 1 amide bonds. The maximum atomic E-state index is 11.3. The molecule has 0 aliphatic heterocycles. The third-order valence-corrected chi connectivity index (χ3v) is 2.34. The van der Waals surface area contributed by atoms with E-state index in [-0.39, 0.29) is 12.5 Å². The first-order chi connectivity index (χ1) is 7.66. The molecule has 0 heterocycles. The van der Waals surface area contributed by atoms with E-state index in [1.54, 1.807) is 0 Å². The predicted molar refractivity (Wildman–Crippen MR) is 66.3 cm³/mol. The van der Waals surface area contributed by atoms with E-state index in [1.165, 1.54) is 0 Å². The lowest BCUT2D eigenvalue weighted by Crippen LogP contribution is -2.35. The fraction of sp³-hybridized carbons (Fsp3) is 0.917. The number of hydrogen-bond acceptors (Lipinski definition) is 3. The minimum atomic E-state index is 0.0720. The molecule has 4 nitrogen and oxygen atoms in total. The normalized spacial score (nSPS) is 10.8. The van der Waals surface area contributed by atoms with E-state index < -0.39 is 0 Å². The molecule has 16 heavy (non-hydrogen) atoms. The number of carbonyl (C=O) groups excluding carboxylic acids is 1. The van der Waals surface area contributed by atoms with E-state index in [2.05, 4.69) is 24.5 Å². The van der Waals surface area contributed by atoms with Gasteiger partial charge >= 0.3 is 0 Å². The zero-order valence-electron chi connectivity index (χ0n) is 10.6. The molecule has 0 spiro atoms. The van der Waals surface area contributed by atoms with Crippen LogP contribution in [0.5, 0.6) is 0 Å². The van der Waals surface area contributed by atoms with Gasteiger partial charge in [-0.1, -0.05) is 13.8 Å². The summed E-state index contributed by atoms with van der Waals surface area (Å²) in [6, 6.07) is 0. The van der Waals surface area contributed by atoms with Crippen molar-refractivity contribution in [1.82, 2.24) is 10.6 Å². The number of rotatable bonds is 10. The van der Waals surface area contributed by atoms with Gasteiger partial charge in [0, 0.05) is 13.2 Å². The van der Waals surface area contributed by atoms with Crippen LogP contribution >= 0.6 is 0 Å². The fourth-order valence-electron chi connectivity index (χ4n) is 1.30. The number of hydrogen-bond donors (Lipinski definition) is 3. The van der Waals surface area contributed by atoms with Gasteiger partial charge in [-0.05, 0) is 38.1 Å². The molecule has 0 unspecified atom stereocenters. The van der Waals surface area contributed by atoms with Crippen molar-refractivity contribution in [3.8, 4) is 0 Å². The summed E-state index contributed by atoms with van der Waals surface area (Å²) in [5.74, 6) is 0.703. The van der Waals surface area contributed by atoms with E-state index in [1.807, 2.05) is 0 Å². The fourth-order valence-corrected chi connectivity index (χ4v) is 1.30. The highest BCUT2D eigenvalue weighted by molar-refractivity contribution is 5.77. The number of nitrogens with one attached hydrogen (secondary N) is 2. The van der Waals surface area contributed by atoms with Crippen LogP contribution < -0.4 is 10.6 Å². The van der Waals surface area contributed by atoms with Crippen molar-refractivity contribution in [2.24, 2.45) is 5.92 Å². The Labute approximate surface area is 98.8 Å². The molecular weight excluding hydrogens is 204 g/mol. The zero-order valence-corrected chi connectivity index (χ0v) is 10.6. The second kappa shape index (κ2) is 10.9. The molecule has 3 N–H and O–H groups in total. The summed E-state index contributed by atoms with van der Waals surface area (Å²) in [7, 11) is 0. The largest absolute Gasteiger partial charge is 0.396 e. The van der Waals surface area contributed by atoms with Crippen LogP contribution in [0, 0.1) is 5.92 Å². The van der Waals surface area contributed by atoms with Crippen LogP contribution in [0.1, 0.15) is 39.5 Å². The smallest absolute Gasteiger partial charge is 0.233 e. The van der Waals surface area contributed by atoms with Crippen LogP contribution in [0.4, 0.5) is 0 Å². The first-order valence-electron chi connectivity index (χ1n) is 6.25. The van der Waals surface area contributed by atoms with Crippen LogP contribution in [0.3, 0.4) is 0 Å². The van der Waals surface area contributed by atoms with Gasteiger partial charge < -0.3 is 15.7 Å². The van der Waals surface area contributed by atoms with Crippen molar-refractivity contribution in [1.29, 1.82) is 0 Å².